The van der Waals surface area contributed by atoms with Crippen LogP contribution in [0.5, 0.6) is 0 Å². The van der Waals surface area contributed by atoms with E-state index in [1.807, 2.05) is 11.8 Å². The van der Waals surface area contributed by atoms with E-state index in [0.717, 1.165) is 40.7 Å². The normalized spacial score (nSPS) is 16.2. The van der Waals surface area contributed by atoms with Gasteiger partial charge in [0.05, 0.1) is 17.9 Å². The van der Waals surface area contributed by atoms with Crippen LogP contribution in [0.3, 0.4) is 0 Å². The molecule has 3 rings (SSSR count). The molecule has 122 valence electrons. The molecule has 1 aromatic heterocycles. The first-order valence-corrected chi connectivity index (χ1v) is 9.20. The first-order valence-electron chi connectivity index (χ1n) is 8.22. The Balaban J connectivity index is 2.07. The Hall–Kier alpha value is -1.39. The van der Waals surface area contributed by atoms with Gasteiger partial charge in [0, 0.05) is 17.5 Å². The number of aromatic nitrogens is 2. The molecule has 0 radical (unpaired) electrons. The summed E-state index contributed by atoms with van der Waals surface area (Å²) >= 11 is 1.82. The molecule has 0 N–H and O–H groups in total. The molecule has 0 atom stereocenters. The molecule has 4 heteroatoms. The van der Waals surface area contributed by atoms with Crippen LogP contribution in [0, 0.1) is 6.92 Å². The predicted octanol–water partition coefficient (Wildman–Crippen LogP) is 4.81. The summed E-state index contributed by atoms with van der Waals surface area (Å²) in [6.07, 6.45) is 1.97. The third-order valence-electron chi connectivity index (χ3n) is 3.97. The van der Waals surface area contributed by atoms with Crippen molar-refractivity contribution in [3.05, 3.63) is 41.1 Å². The first-order chi connectivity index (χ1) is 11.0. The zero-order valence-electron chi connectivity index (χ0n) is 14.3. The lowest BCUT2D eigenvalue weighted by Crippen LogP contribution is -2.33. The molecule has 0 spiro atoms. The molecule has 0 aliphatic carbocycles. The molecular weight excluding hydrogens is 304 g/mol. The van der Waals surface area contributed by atoms with Crippen molar-refractivity contribution < 1.29 is 4.74 Å². The van der Waals surface area contributed by atoms with Crippen molar-refractivity contribution in [3.8, 4) is 11.4 Å². The highest BCUT2D eigenvalue weighted by molar-refractivity contribution is 7.99. The molecule has 1 aromatic carbocycles. The van der Waals surface area contributed by atoms with Crippen LogP contribution in [-0.4, -0.2) is 21.3 Å². The van der Waals surface area contributed by atoms with Crippen molar-refractivity contribution in [2.45, 2.75) is 57.8 Å². The second kappa shape index (κ2) is 6.62. The van der Waals surface area contributed by atoms with Crippen molar-refractivity contribution in [3.63, 3.8) is 0 Å². The topological polar surface area (TPSA) is 35.0 Å². The molecule has 2 aromatic rings. The minimum atomic E-state index is -0.155. The van der Waals surface area contributed by atoms with Crippen LogP contribution in [0.25, 0.3) is 11.4 Å². The summed E-state index contributed by atoms with van der Waals surface area (Å²) < 4.78 is 5.98. The maximum absolute atomic E-state index is 5.98. The van der Waals surface area contributed by atoms with Gasteiger partial charge < -0.3 is 4.74 Å². The molecule has 2 heterocycles. The van der Waals surface area contributed by atoms with Crippen molar-refractivity contribution >= 4 is 11.8 Å². The van der Waals surface area contributed by atoms with Gasteiger partial charge in [-0.25, -0.2) is 9.97 Å². The van der Waals surface area contributed by atoms with E-state index in [1.165, 1.54) is 11.1 Å². The lowest BCUT2D eigenvalue weighted by atomic mass is 9.96. The van der Waals surface area contributed by atoms with Gasteiger partial charge >= 0.3 is 0 Å². The monoisotopic (exact) mass is 328 g/mol. The minimum absolute atomic E-state index is 0.155. The van der Waals surface area contributed by atoms with Crippen LogP contribution in [-0.2, 0) is 17.8 Å². The van der Waals surface area contributed by atoms with Crippen LogP contribution in [0.15, 0.2) is 29.3 Å². The molecule has 0 bridgehead atoms. The lowest BCUT2D eigenvalue weighted by Gasteiger charge is -2.32. The lowest BCUT2D eigenvalue weighted by molar-refractivity contribution is -0.0428. The van der Waals surface area contributed by atoms with Gasteiger partial charge in [-0.1, -0.05) is 30.7 Å². The van der Waals surface area contributed by atoms with Crippen LogP contribution in [0.1, 0.15) is 44.0 Å². The molecular formula is C19H24N2OS. The Kier molecular flexibility index (Phi) is 4.74. The zero-order valence-corrected chi connectivity index (χ0v) is 15.2. The fraction of sp³-hybridized carbons (Fsp3) is 0.474. The van der Waals surface area contributed by atoms with E-state index >= 15 is 0 Å². The van der Waals surface area contributed by atoms with Crippen LogP contribution < -0.4 is 0 Å². The maximum Gasteiger partial charge on any atom is 0.160 e. The summed E-state index contributed by atoms with van der Waals surface area (Å²) in [5, 5.41) is 1.09. The van der Waals surface area contributed by atoms with Crippen LogP contribution >= 0.6 is 11.8 Å². The highest BCUT2D eigenvalue weighted by atomic mass is 32.2. The van der Waals surface area contributed by atoms with Crippen molar-refractivity contribution in [1.82, 2.24) is 9.97 Å². The Morgan fingerprint density at radius 3 is 2.83 bits per heavy atom. The maximum atomic E-state index is 5.98. The molecule has 0 amide bonds. The van der Waals surface area contributed by atoms with Crippen molar-refractivity contribution in [1.29, 1.82) is 0 Å². The first kappa shape index (κ1) is 16.5. The van der Waals surface area contributed by atoms with Crippen LogP contribution in [0.2, 0.25) is 0 Å². The van der Waals surface area contributed by atoms with Gasteiger partial charge in [0.2, 0.25) is 0 Å². The van der Waals surface area contributed by atoms with Crippen molar-refractivity contribution in [2.75, 3.05) is 5.75 Å². The summed E-state index contributed by atoms with van der Waals surface area (Å²) in [5.74, 6) is 1.91. The second-order valence-corrected chi connectivity index (χ2v) is 7.80. The van der Waals surface area contributed by atoms with Gasteiger partial charge in [-0.15, -0.1) is 11.8 Å². The quantitative estimate of drug-likeness (QED) is 0.596. The van der Waals surface area contributed by atoms with E-state index in [1.54, 1.807) is 0 Å². The minimum Gasteiger partial charge on any atom is -0.370 e. The van der Waals surface area contributed by atoms with Gasteiger partial charge in [0.25, 0.3) is 0 Å². The molecule has 0 fully saturated rings. The van der Waals surface area contributed by atoms with Crippen molar-refractivity contribution in [2.24, 2.45) is 0 Å². The number of aryl methyl sites for hydroxylation is 1. The van der Waals surface area contributed by atoms with E-state index in [9.17, 15) is 0 Å². The van der Waals surface area contributed by atoms with E-state index < -0.39 is 0 Å². The third-order valence-corrected chi connectivity index (χ3v) is 5.20. The summed E-state index contributed by atoms with van der Waals surface area (Å²) in [7, 11) is 0. The largest absolute Gasteiger partial charge is 0.370 e. The van der Waals surface area contributed by atoms with Crippen LogP contribution in [0.4, 0.5) is 0 Å². The SMILES string of the molecule is CCCSc1nc(-c2cccc(C)c2)nc2c1COC(C)(C)C2. The average molecular weight is 328 g/mol. The summed E-state index contributed by atoms with van der Waals surface area (Å²) in [5.41, 5.74) is 4.49. The van der Waals surface area contributed by atoms with Gasteiger partial charge in [-0.05, 0) is 39.0 Å². The summed E-state index contributed by atoms with van der Waals surface area (Å²) in [4.78, 5) is 9.74. The zero-order chi connectivity index (χ0) is 16.4. The molecule has 23 heavy (non-hydrogen) atoms. The summed E-state index contributed by atoms with van der Waals surface area (Å²) in [6.45, 7) is 9.17. The Labute approximate surface area is 142 Å². The molecule has 1 aliphatic rings. The molecule has 0 saturated carbocycles. The fourth-order valence-electron chi connectivity index (χ4n) is 2.75. The Bertz CT molecular complexity index is 713. The highest BCUT2D eigenvalue weighted by Gasteiger charge is 2.30. The second-order valence-electron chi connectivity index (χ2n) is 6.72. The van der Waals surface area contributed by atoms with E-state index in [0.29, 0.717) is 6.61 Å². The number of nitrogens with zero attached hydrogens (tertiary/aromatic N) is 2. The number of rotatable bonds is 4. The summed E-state index contributed by atoms with van der Waals surface area (Å²) in [6, 6.07) is 8.42. The molecule has 0 saturated heterocycles. The van der Waals surface area contributed by atoms with E-state index in [2.05, 4.69) is 52.0 Å². The van der Waals surface area contributed by atoms with Gasteiger partial charge in [-0.3, -0.25) is 0 Å². The highest BCUT2D eigenvalue weighted by Crippen LogP contribution is 2.34. The smallest absolute Gasteiger partial charge is 0.160 e. The molecule has 0 unspecified atom stereocenters. The fourth-order valence-corrected chi connectivity index (χ4v) is 3.65. The predicted molar refractivity (Wildman–Crippen MR) is 95.8 cm³/mol. The Morgan fingerprint density at radius 1 is 1.26 bits per heavy atom. The van der Waals surface area contributed by atoms with Gasteiger partial charge in [0.15, 0.2) is 5.82 Å². The molecule has 3 nitrogen and oxygen atoms in total. The average Bonchev–Trinajstić information content (AvgIpc) is 2.51. The number of thioether (sulfide) groups is 1. The van der Waals surface area contributed by atoms with E-state index in [4.69, 9.17) is 14.7 Å². The number of hydrogen-bond donors (Lipinski definition) is 0. The van der Waals surface area contributed by atoms with Gasteiger partial charge in [0.1, 0.15) is 5.03 Å². The number of fused-ring (bicyclic) bond motifs is 1. The Morgan fingerprint density at radius 2 is 2.09 bits per heavy atom. The number of hydrogen-bond acceptors (Lipinski definition) is 4. The van der Waals surface area contributed by atoms with Gasteiger partial charge in [-0.2, -0.15) is 0 Å². The number of ether oxygens (including phenoxy) is 1. The number of benzene rings is 1. The molecule has 1 aliphatic heterocycles. The standard InChI is InChI=1S/C19H24N2OS/c1-5-9-23-18-15-12-22-19(3,4)11-16(15)20-17(21-18)14-8-6-7-13(2)10-14/h6-8,10H,5,9,11-12H2,1-4H3. The third kappa shape index (κ3) is 3.75. The van der Waals surface area contributed by atoms with E-state index in [-0.39, 0.29) is 5.60 Å².